The molecule has 2 N–H and O–H groups in total. The van der Waals surface area contributed by atoms with E-state index in [1.165, 1.54) is 0 Å². The molecule has 0 saturated carbocycles. The van der Waals surface area contributed by atoms with Crippen LogP contribution in [0.3, 0.4) is 0 Å². The summed E-state index contributed by atoms with van der Waals surface area (Å²) in [4.78, 5) is 11.8. The topological polar surface area (TPSA) is 59.6 Å². The third kappa shape index (κ3) is 7.31. The van der Waals surface area contributed by atoms with E-state index in [1.807, 2.05) is 32.0 Å². The van der Waals surface area contributed by atoms with Crippen molar-refractivity contribution >= 4 is 11.7 Å². The van der Waals surface area contributed by atoms with E-state index in [2.05, 4.69) is 24.5 Å². The molecule has 0 aliphatic heterocycles. The summed E-state index contributed by atoms with van der Waals surface area (Å²) in [5.74, 6) is 1.48. The highest BCUT2D eigenvalue weighted by Crippen LogP contribution is 2.21. The van der Waals surface area contributed by atoms with Gasteiger partial charge in [0.05, 0.1) is 13.2 Å². The number of amides is 2. The third-order valence-corrected chi connectivity index (χ3v) is 3.10. The Kier molecular flexibility index (Phi) is 8.36. The van der Waals surface area contributed by atoms with Crippen LogP contribution in [-0.2, 0) is 4.74 Å². The molecule has 5 nitrogen and oxygen atoms in total. The van der Waals surface area contributed by atoms with Crippen LogP contribution in [0, 0.1) is 12.8 Å². The summed E-state index contributed by atoms with van der Waals surface area (Å²) in [5, 5.41) is 5.57. The largest absolute Gasteiger partial charge is 0.494 e. The minimum atomic E-state index is -0.226. The molecule has 1 aromatic rings. The SMILES string of the molecule is CCOc1ccc(NC(=O)NCCOCCC(C)C)cc1C. The molecule has 0 bridgehead atoms. The monoisotopic (exact) mass is 308 g/mol. The van der Waals surface area contributed by atoms with Gasteiger partial charge in [0.15, 0.2) is 0 Å². The molecular weight excluding hydrogens is 280 g/mol. The number of hydrogen-bond donors (Lipinski definition) is 2. The van der Waals surface area contributed by atoms with Gasteiger partial charge in [-0.2, -0.15) is 0 Å². The van der Waals surface area contributed by atoms with Crippen molar-refractivity contribution in [3.8, 4) is 5.75 Å². The lowest BCUT2D eigenvalue weighted by Crippen LogP contribution is -2.31. The smallest absolute Gasteiger partial charge is 0.319 e. The molecule has 22 heavy (non-hydrogen) atoms. The van der Waals surface area contributed by atoms with Gasteiger partial charge in [-0.05, 0) is 49.9 Å². The zero-order valence-electron chi connectivity index (χ0n) is 14.1. The molecule has 2 amide bonds. The predicted octanol–water partition coefficient (Wildman–Crippen LogP) is 3.58. The molecule has 124 valence electrons. The highest BCUT2D eigenvalue weighted by Gasteiger charge is 2.04. The Morgan fingerprint density at radius 1 is 1.27 bits per heavy atom. The third-order valence-electron chi connectivity index (χ3n) is 3.10. The normalized spacial score (nSPS) is 10.6. The van der Waals surface area contributed by atoms with Gasteiger partial charge in [0.25, 0.3) is 0 Å². The quantitative estimate of drug-likeness (QED) is 0.686. The molecule has 0 unspecified atom stereocenters. The summed E-state index contributed by atoms with van der Waals surface area (Å²) in [6, 6.07) is 5.36. The number of rotatable bonds is 9. The Morgan fingerprint density at radius 3 is 2.68 bits per heavy atom. The molecule has 5 heteroatoms. The number of hydrogen-bond acceptors (Lipinski definition) is 3. The second-order valence-electron chi connectivity index (χ2n) is 5.59. The van der Waals surface area contributed by atoms with E-state index < -0.39 is 0 Å². The first-order chi connectivity index (χ1) is 10.5. The molecule has 0 heterocycles. The Bertz CT molecular complexity index is 461. The van der Waals surface area contributed by atoms with Crippen LogP contribution in [-0.4, -0.2) is 32.4 Å². The first-order valence-corrected chi connectivity index (χ1v) is 7.89. The van der Waals surface area contributed by atoms with Gasteiger partial charge >= 0.3 is 6.03 Å². The van der Waals surface area contributed by atoms with Crippen molar-refractivity contribution in [3.63, 3.8) is 0 Å². The van der Waals surface area contributed by atoms with E-state index in [1.54, 1.807) is 0 Å². The summed E-state index contributed by atoms with van der Waals surface area (Å²) in [7, 11) is 0. The minimum Gasteiger partial charge on any atom is -0.494 e. The first kappa shape index (κ1) is 18.3. The Hall–Kier alpha value is -1.75. The van der Waals surface area contributed by atoms with Crippen molar-refractivity contribution in [3.05, 3.63) is 23.8 Å². The van der Waals surface area contributed by atoms with Gasteiger partial charge in [0, 0.05) is 18.8 Å². The summed E-state index contributed by atoms with van der Waals surface area (Å²) < 4.78 is 10.9. The van der Waals surface area contributed by atoms with E-state index in [-0.39, 0.29) is 6.03 Å². The Balaban J connectivity index is 2.26. The predicted molar refractivity (Wildman–Crippen MR) is 89.6 cm³/mol. The van der Waals surface area contributed by atoms with E-state index in [0.29, 0.717) is 25.7 Å². The van der Waals surface area contributed by atoms with Gasteiger partial charge in [0.2, 0.25) is 0 Å². The van der Waals surface area contributed by atoms with Crippen LogP contribution in [0.1, 0.15) is 32.8 Å². The van der Waals surface area contributed by atoms with Crippen LogP contribution < -0.4 is 15.4 Å². The van der Waals surface area contributed by atoms with E-state index in [9.17, 15) is 4.79 Å². The van der Waals surface area contributed by atoms with Crippen molar-refractivity contribution < 1.29 is 14.3 Å². The van der Waals surface area contributed by atoms with Crippen molar-refractivity contribution in [2.45, 2.75) is 34.1 Å². The zero-order chi connectivity index (χ0) is 16.4. The number of carbonyl (C=O) groups is 1. The van der Waals surface area contributed by atoms with E-state index >= 15 is 0 Å². The lowest BCUT2D eigenvalue weighted by Gasteiger charge is -2.11. The number of aryl methyl sites for hydroxylation is 1. The van der Waals surface area contributed by atoms with Crippen LogP contribution in [0.5, 0.6) is 5.75 Å². The maximum atomic E-state index is 11.8. The maximum Gasteiger partial charge on any atom is 0.319 e. The highest BCUT2D eigenvalue weighted by atomic mass is 16.5. The Labute approximate surface area is 133 Å². The summed E-state index contributed by atoms with van der Waals surface area (Å²) >= 11 is 0. The lowest BCUT2D eigenvalue weighted by molar-refractivity contribution is 0.126. The van der Waals surface area contributed by atoms with Crippen molar-refractivity contribution in [1.29, 1.82) is 0 Å². The van der Waals surface area contributed by atoms with E-state index in [0.717, 1.165) is 30.0 Å². The van der Waals surface area contributed by atoms with Gasteiger partial charge in [-0.3, -0.25) is 0 Å². The number of benzene rings is 1. The van der Waals surface area contributed by atoms with Gasteiger partial charge in [0.1, 0.15) is 5.75 Å². The summed E-state index contributed by atoms with van der Waals surface area (Å²) in [6.07, 6.45) is 1.04. The Morgan fingerprint density at radius 2 is 2.05 bits per heavy atom. The molecule has 0 aliphatic rings. The van der Waals surface area contributed by atoms with Crippen LogP contribution in [0.2, 0.25) is 0 Å². The minimum absolute atomic E-state index is 0.226. The van der Waals surface area contributed by atoms with E-state index in [4.69, 9.17) is 9.47 Å². The maximum absolute atomic E-state index is 11.8. The average molecular weight is 308 g/mol. The fourth-order valence-corrected chi connectivity index (χ4v) is 1.88. The van der Waals surface area contributed by atoms with Crippen molar-refractivity contribution in [2.75, 3.05) is 31.7 Å². The molecule has 0 radical (unpaired) electrons. The molecule has 0 aromatic heterocycles. The van der Waals surface area contributed by atoms with Gasteiger partial charge in [-0.15, -0.1) is 0 Å². The van der Waals surface area contributed by atoms with Gasteiger partial charge in [-0.25, -0.2) is 4.79 Å². The molecule has 0 saturated heterocycles. The fraction of sp³-hybridized carbons (Fsp3) is 0.588. The molecule has 0 spiro atoms. The molecule has 1 aromatic carbocycles. The number of urea groups is 1. The lowest BCUT2D eigenvalue weighted by atomic mass is 10.1. The standard InChI is InChI=1S/C17H28N2O3/c1-5-22-16-7-6-15(12-14(16)4)19-17(20)18-9-11-21-10-8-13(2)3/h6-7,12-13H,5,8-11H2,1-4H3,(H2,18,19,20). The van der Waals surface area contributed by atoms with Gasteiger partial charge < -0.3 is 20.1 Å². The van der Waals surface area contributed by atoms with Crippen LogP contribution in [0.4, 0.5) is 10.5 Å². The van der Waals surface area contributed by atoms with Gasteiger partial charge in [-0.1, -0.05) is 13.8 Å². The van der Waals surface area contributed by atoms with Crippen LogP contribution in [0.15, 0.2) is 18.2 Å². The van der Waals surface area contributed by atoms with Crippen molar-refractivity contribution in [2.24, 2.45) is 5.92 Å². The van der Waals surface area contributed by atoms with Crippen molar-refractivity contribution in [1.82, 2.24) is 5.32 Å². The van der Waals surface area contributed by atoms with Crippen LogP contribution >= 0.6 is 0 Å². The molecule has 0 aliphatic carbocycles. The molecular formula is C17H28N2O3. The molecule has 0 atom stereocenters. The number of anilines is 1. The number of nitrogens with one attached hydrogen (secondary N) is 2. The highest BCUT2D eigenvalue weighted by molar-refractivity contribution is 5.89. The second-order valence-corrected chi connectivity index (χ2v) is 5.59. The molecule has 1 rings (SSSR count). The second kappa shape index (κ2) is 10.1. The average Bonchev–Trinajstić information content (AvgIpc) is 2.45. The number of ether oxygens (including phenoxy) is 2. The fourth-order valence-electron chi connectivity index (χ4n) is 1.88. The zero-order valence-corrected chi connectivity index (χ0v) is 14.1. The first-order valence-electron chi connectivity index (χ1n) is 7.89. The summed E-state index contributed by atoms with van der Waals surface area (Å²) in [5.41, 5.74) is 1.75. The molecule has 0 fully saturated rings. The van der Waals surface area contributed by atoms with Crippen LogP contribution in [0.25, 0.3) is 0 Å². The number of carbonyl (C=O) groups excluding carboxylic acids is 1. The summed E-state index contributed by atoms with van der Waals surface area (Å²) in [6.45, 7) is 10.6.